The molecule has 3 unspecified atom stereocenters. The lowest BCUT2D eigenvalue weighted by atomic mass is 9.79. The van der Waals surface area contributed by atoms with Crippen molar-refractivity contribution >= 4 is 41.5 Å². The summed E-state index contributed by atoms with van der Waals surface area (Å²) >= 11 is 0. The highest BCUT2D eigenvalue weighted by Gasteiger charge is 2.57. The Morgan fingerprint density at radius 3 is 2.19 bits per heavy atom. The Kier molecular flexibility index (Phi) is 7.35. The molecular formula is C20H27N5O6. The molecule has 6 amide bonds. The Morgan fingerprint density at radius 2 is 1.74 bits per heavy atom. The zero-order valence-electron chi connectivity index (χ0n) is 18.4. The van der Waals surface area contributed by atoms with Crippen molar-refractivity contribution in [1.29, 1.82) is 0 Å². The Hall–Kier alpha value is -3.04. The molecule has 0 saturated carbocycles. The normalized spacial score (nSPS) is 24.6. The van der Waals surface area contributed by atoms with Gasteiger partial charge in [0.2, 0.25) is 23.6 Å². The zero-order chi connectivity index (χ0) is 23.5. The number of amides is 6. The molecule has 0 aromatic rings. The summed E-state index contributed by atoms with van der Waals surface area (Å²) in [6.45, 7) is 4.70. The molecule has 2 aliphatic rings. The standard InChI is InChI=1S/C20H27N5O6/c1-6-14(7-8-23(4)5)20(10-17(29)25(13(3)27)19(20)31)22-11-21-15-9-16(28)24(12(2)26)18(15)30/h14-15H,6-10H2,1-5H3. The summed E-state index contributed by atoms with van der Waals surface area (Å²) in [5, 5.41) is 0. The smallest absolute Gasteiger partial charge is 0.265 e. The van der Waals surface area contributed by atoms with Gasteiger partial charge in [-0.15, -0.1) is 0 Å². The molecular weight excluding hydrogens is 406 g/mol. The molecule has 2 rings (SSSR count). The summed E-state index contributed by atoms with van der Waals surface area (Å²) in [7, 11) is 3.74. The maximum atomic E-state index is 13.1. The molecule has 2 aliphatic heterocycles. The van der Waals surface area contributed by atoms with Crippen LogP contribution < -0.4 is 0 Å². The number of likely N-dealkylation sites (tertiary alicyclic amines) is 2. The molecule has 3 atom stereocenters. The summed E-state index contributed by atoms with van der Waals surface area (Å²) in [6, 6.07) is 1.18. The van der Waals surface area contributed by atoms with Crippen LogP contribution in [0, 0.1) is 5.92 Å². The van der Waals surface area contributed by atoms with Gasteiger partial charge < -0.3 is 4.90 Å². The number of nitrogens with zero attached hydrogens (tertiary/aromatic N) is 5. The minimum Gasteiger partial charge on any atom is -0.309 e. The van der Waals surface area contributed by atoms with Gasteiger partial charge in [-0.25, -0.2) is 19.8 Å². The summed E-state index contributed by atoms with van der Waals surface area (Å²) < 4.78 is 0. The summed E-state index contributed by atoms with van der Waals surface area (Å²) in [5.41, 5.74) is -1.57. The van der Waals surface area contributed by atoms with Gasteiger partial charge in [0, 0.05) is 13.8 Å². The van der Waals surface area contributed by atoms with Crippen molar-refractivity contribution in [1.82, 2.24) is 14.7 Å². The molecule has 11 nitrogen and oxygen atoms in total. The highest BCUT2D eigenvalue weighted by molar-refractivity contribution is 6.19. The predicted octanol–water partition coefficient (Wildman–Crippen LogP) is -0.144. The molecule has 0 radical (unpaired) electrons. The molecule has 0 aromatic carbocycles. The molecule has 0 N–H and O–H groups in total. The number of rotatable bonds is 7. The fraction of sp³-hybridized carbons (Fsp3) is 0.650. The second-order valence-corrected chi connectivity index (χ2v) is 8.00. The second kappa shape index (κ2) is 9.40. The van der Waals surface area contributed by atoms with E-state index in [1.54, 1.807) is 0 Å². The third-order valence-electron chi connectivity index (χ3n) is 5.55. The van der Waals surface area contributed by atoms with Crippen molar-refractivity contribution in [2.75, 3.05) is 20.6 Å². The molecule has 0 bridgehead atoms. The Bertz CT molecular complexity index is 890. The Labute approximate surface area is 180 Å². The lowest BCUT2D eigenvalue weighted by Crippen LogP contribution is -2.46. The van der Waals surface area contributed by atoms with E-state index in [1.165, 1.54) is 0 Å². The Morgan fingerprint density at radius 1 is 1.13 bits per heavy atom. The molecule has 2 fully saturated rings. The maximum absolute atomic E-state index is 13.1. The van der Waals surface area contributed by atoms with Crippen molar-refractivity contribution in [2.45, 2.75) is 58.0 Å². The minimum atomic E-state index is -1.57. The monoisotopic (exact) mass is 433 g/mol. The van der Waals surface area contributed by atoms with Crippen molar-refractivity contribution in [3.05, 3.63) is 0 Å². The fourth-order valence-electron chi connectivity index (χ4n) is 3.94. The summed E-state index contributed by atoms with van der Waals surface area (Å²) in [4.78, 5) is 84.1. The first-order chi connectivity index (χ1) is 14.5. The van der Waals surface area contributed by atoms with Gasteiger partial charge in [-0.3, -0.25) is 28.8 Å². The van der Waals surface area contributed by atoms with Crippen LogP contribution >= 0.6 is 0 Å². The van der Waals surface area contributed by atoms with Gasteiger partial charge in [-0.2, -0.15) is 0 Å². The van der Waals surface area contributed by atoms with Gasteiger partial charge in [0.25, 0.3) is 11.8 Å². The average Bonchev–Trinajstić information content (AvgIpc) is 3.08. The maximum Gasteiger partial charge on any atom is 0.265 e. The predicted molar refractivity (Wildman–Crippen MR) is 108 cm³/mol. The number of carbonyl (C=O) groups excluding carboxylic acids is 6. The SMILES string of the molecule is CCC(CCN(C)C)C1(N=C=NC2CC(=O)N(C(C)=O)C2=O)CC(=O)N(C(C)=O)C1=O. The van der Waals surface area contributed by atoms with Crippen molar-refractivity contribution in [3.63, 3.8) is 0 Å². The molecule has 0 aliphatic carbocycles. The zero-order valence-corrected chi connectivity index (χ0v) is 18.4. The summed E-state index contributed by atoms with van der Waals surface area (Å²) in [6.07, 6.45) is 0.413. The molecule has 168 valence electrons. The Balaban J connectivity index is 2.43. The van der Waals surface area contributed by atoms with E-state index in [-0.39, 0.29) is 18.8 Å². The number of aliphatic imine (C=N–C) groups is 2. The first kappa shape index (κ1) is 24.2. The molecule has 31 heavy (non-hydrogen) atoms. The summed E-state index contributed by atoms with van der Waals surface area (Å²) in [5.74, 6) is -4.63. The first-order valence-corrected chi connectivity index (χ1v) is 10.0. The van der Waals surface area contributed by atoms with Crippen LogP contribution in [0.1, 0.15) is 46.5 Å². The van der Waals surface area contributed by atoms with Gasteiger partial charge in [-0.1, -0.05) is 13.3 Å². The second-order valence-electron chi connectivity index (χ2n) is 8.00. The van der Waals surface area contributed by atoms with Gasteiger partial charge in [0.1, 0.15) is 6.04 Å². The van der Waals surface area contributed by atoms with Crippen molar-refractivity contribution < 1.29 is 28.8 Å². The van der Waals surface area contributed by atoms with E-state index in [0.29, 0.717) is 29.2 Å². The molecule has 2 saturated heterocycles. The first-order valence-electron chi connectivity index (χ1n) is 10.0. The van der Waals surface area contributed by atoms with Gasteiger partial charge in [0.15, 0.2) is 5.54 Å². The van der Waals surface area contributed by atoms with E-state index < -0.39 is 47.0 Å². The van der Waals surface area contributed by atoms with Gasteiger partial charge in [0.05, 0.1) is 18.9 Å². The molecule has 0 spiro atoms. The van der Waals surface area contributed by atoms with E-state index in [4.69, 9.17) is 0 Å². The van der Waals surface area contributed by atoms with Crippen LogP contribution in [0.15, 0.2) is 9.98 Å². The quantitative estimate of drug-likeness (QED) is 0.402. The number of carbonyl (C=O) groups is 6. The van der Waals surface area contributed by atoms with E-state index in [9.17, 15) is 28.8 Å². The van der Waals surface area contributed by atoms with Crippen LogP contribution in [0.2, 0.25) is 0 Å². The van der Waals surface area contributed by atoms with Crippen LogP contribution in [-0.2, 0) is 28.8 Å². The lowest BCUT2D eigenvalue weighted by molar-refractivity contribution is -0.151. The van der Waals surface area contributed by atoms with Crippen LogP contribution in [0.25, 0.3) is 0 Å². The van der Waals surface area contributed by atoms with E-state index in [1.807, 2.05) is 25.9 Å². The third-order valence-corrected chi connectivity index (χ3v) is 5.55. The van der Waals surface area contributed by atoms with E-state index >= 15 is 0 Å². The molecule has 0 aromatic heterocycles. The van der Waals surface area contributed by atoms with Crippen LogP contribution in [0.3, 0.4) is 0 Å². The number of hydrogen-bond acceptors (Lipinski definition) is 9. The van der Waals surface area contributed by atoms with E-state index in [2.05, 4.69) is 16.0 Å². The van der Waals surface area contributed by atoms with Crippen LogP contribution in [0.4, 0.5) is 0 Å². The molecule has 2 heterocycles. The largest absolute Gasteiger partial charge is 0.309 e. The van der Waals surface area contributed by atoms with Crippen molar-refractivity contribution in [2.24, 2.45) is 15.9 Å². The van der Waals surface area contributed by atoms with Crippen LogP contribution in [-0.4, -0.2) is 88.4 Å². The third kappa shape index (κ3) is 4.67. The van der Waals surface area contributed by atoms with Gasteiger partial charge in [-0.05, 0) is 33.0 Å². The van der Waals surface area contributed by atoms with E-state index in [0.717, 1.165) is 13.8 Å². The molecule has 11 heteroatoms. The van der Waals surface area contributed by atoms with Crippen molar-refractivity contribution in [3.8, 4) is 0 Å². The lowest BCUT2D eigenvalue weighted by Gasteiger charge is -2.30. The van der Waals surface area contributed by atoms with Gasteiger partial charge >= 0.3 is 0 Å². The highest BCUT2D eigenvalue weighted by Crippen LogP contribution is 2.38. The number of imide groups is 6. The minimum absolute atomic E-state index is 0.307. The fourth-order valence-corrected chi connectivity index (χ4v) is 3.94. The topological polar surface area (TPSA) is 137 Å². The van der Waals surface area contributed by atoms with Crippen LogP contribution in [0.5, 0.6) is 0 Å². The average molecular weight is 433 g/mol. The number of hydrogen-bond donors (Lipinski definition) is 0. The highest BCUT2D eigenvalue weighted by atomic mass is 16.2.